The Hall–Kier alpha value is -2.99. The number of para-hydroxylation sites is 1. The Labute approximate surface area is 166 Å². The Bertz CT molecular complexity index is 1070. The number of fused-ring (bicyclic) bond motifs is 1. The van der Waals surface area contributed by atoms with Crippen LogP contribution in [0.25, 0.3) is 10.9 Å². The summed E-state index contributed by atoms with van der Waals surface area (Å²) >= 11 is 5.68. The lowest BCUT2D eigenvalue weighted by molar-refractivity contribution is -0.119. The molecule has 0 atom stereocenters. The number of benzene rings is 2. The van der Waals surface area contributed by atoms with Crippen LogP contribution in [-0.4, -0.2) is 23.5 Å². The third-order valence-electron chi connectivity index (χ3n) is 4.31. The molecule has 2 aromatic carbocycles. The van der Waals surface area contributed by atoms with Crippen LogP contribution in [0.1, 0.15) is 28.5 Å². The van der Waals surface area contributed by atoms with E-state index in [4.69, 9.17) is 16.3 Å². The summed E-state index contributed by atoms with van der Waals surface area (Å²) in [6, 6.07) is 11.4. The van der Waals surface area contributed by atoms with Crippen molar-refractivity contribution in [1.29, 1.82) is 0 Å². The summed E-state index contributed by atoms with van der Waals surface area (Å²) in [5.41, 5.74) is 2.46. The second-order valence-corrected chi connectivity index (χ2v) is 6.61. The summed E-state index contributed by atoms with van der Waals surface area (Å²) in [6.07, 6.45) is 0.540. The molecule has 0 spiro atoms. The van der Waals surface area contributed by atoms with Crippen molar-refractivity contribution in [2.24, 2.45) is 0 Å². The summed E-state index contributed by atoms with van der Waals surface area (Å²) in [7, 11) is 0. The Kier molecular flexibility index (Phi) is 5.90. The fourth-order valence-corrected chi connectivity index (χ4v) is 3.11. The molecule has 1 N–H and O–H groups in total. The van der Waals surface area contributed by atoms with Crippen LogP contribution in [-0.2, 0) is 16.0 Å². The van der Waals surface area contributed by atoms with Gasteiger partial charge in [-0.1, -0.05) is 36.7 Å². The van der Waals surface area contributed by atoms with Crippen molar-refractivity contribution < 1.29 is 18.7 Å². The number of ether oxygens (including phenoxy) is 1. The predicted molar refractivity (Wildman–Crippen MR) is 106 cm³/mol. The van der Waals surface area contributed by atoms with Crippen LogP contribution < -0.4 is 5.32 Å². The molecule has 3 aromatic rings. The van der Waals surface area contributed by atoms with Crippen molar-refractivity contribution in [1.82, 2.24) is 4.98 Å². The largest absolute Gasteiger partial charge is 0.452 e. The standard InChI is InChI=1S/C21H18ClFN2O3/c1-3-16-20(12(2)14-6-4-5-7-17(14)24-16)21(27)28-11-19(26)25-18-9-8-13(22)10-15(18)23/h4-10H,3,11H2,1-2H3,(H,25,26). The fourth-order valence-electron chi connectivity index (χ4n) is 2.95. The van der Waals surface area contributed by atoms with Gasteiger partial charge in [-0.05, 0) is 43.2 Å². The molecule has 28 heavy (non-hydrogen) atoms. The Morgan fingerprint density at radius 3 is 2.68 bits per heavy atom. The van der Waals surface area contributed by atoms with Gasteiger partial charge in [-0.2, -0.15) is 0 Å². The lowest BCUT2D eigenvalue weighted by Gasteiger charge is -2.13. The highest BCUT2D eigenvalue weighted by molar-refractivity contribution is 6.30. The zero-order chi connectivity index (χ0) is 20.3. The molecule has 0 saturated heterocycles. The van der Waals surface area contributed by atoms with Crippen LogP contribution >= 0.6 is 11.6 Å². The first-order valence-corrected chi connectivity index (χ1v) is 9.08. The molecular weight excluding hydrogens is 383 g/mol. The molecule has 1 amide bonds. The normalized spacial score (nSPS) is 10.7. The molecule has 1 aromatic heterocycles. The van der Waals surface area contributed by atoms with Gasteiger partial charge in [-0.15, -0.1) is 0 Å². The number of anilines is 1. The van der Waals surface area contributed by atoms with Crippen molar-refractivity contribution in [2.75, 3.05) is 11.9 Å². The van der Waals surface area contributed by atoms with Crippen LogP contribution in [0, 0.1) is 12.7 Å². The summed E-state index contributed by atoms with van der Waals surface area (Å²) in [6.45, 7) is 3.17. The number of nitrogens with one attached hydrogen (secondary N) is 1. The third kappa shape index (κ3) is 4.12. The van der Waals surface area contributed by atoms with E-state index in [0.29, 0.717) is 17.7 Å². The predicted octanol–water partition coefficient (Wildman–Crippen LogP) is 4.69. The monoisotopic (exact) mass is 400 g/mol. The van der Waals surface area contributed by atoms with E-state index in [1.807, 2.05) is 38.1 Å². The average molecular weight is 401 g/mol. The third-order valence-corrected chi connectivity index (χ3v) is 4.54. The molecule has 0 saturated carbocycles. The molecule has 0 unspecified atom stereocenters. The molecule has 0 fully saturated rings. The number of aromatic nitrogens is 1. The number of hydrogen-bond donors (Lipinski definition) is 1. The van der Waals surface area contributed by atoms with Crippen LogP contribution in [0.2, 0.25) is 5.02 Å². The van der Waals surface area contributed by atoms with E-state index in [0.717, 1.165) is 22.5 Å². The molecule has 0 aliphatic carbocycles. The highest BCUT2D eigenvalue weighted by Crippen LogP contribution is 2.24. The van der Waals surface area contributed by atoms with E-state index >= 15 is 0 Å². The number of carbonyl (C=O) groups is 2. The van der Waals surface area contributed by atoms with Gasteiger partial charge in [0, 0.05) is 10.4 Å². The van der Waals surface area contributed by atoms with Gasteiger partial charge in [0.25, 0.3) is 5.91 Å². The van der Waals surface area contributed by atoms with Gasteiger partial charge in [-0.3, -0.25) is 9.78 Å². The zero-order valence-electron chi connectivity index (χ0n) is 15.4. The summed E-state index contributed by atoms with van der Waals surface area (Å²) in [4.78, 5) is 29.2. The molecule has 7 heteroatoms. The fraction of sp³-hybridized carbons (Fsp3) is 0.190. The van der Waals surface area contributed by atoms with Crippen molar-refractivity contribution in [3.8, 4) is 0 Å². The lowest BCUT2D eigenvalue weighted by atomic mass is 10.0. The van der Waals surface area contributed by atoms with Gasteiger partial charge in [0.2, 0.25) is 0 Å². The van der Waals surface area contributed by atoms with Crippen molar-refractivity contribution >= 4 is 40.1 Å². The maximum atomic E-state index is 13.8. The average Bonchev–Trinajstić information content (AvgIpc) is 2.68. The lowest BCUT2D eigenvalue weighted by Crippen LogP contribution is -2.22. The van der Waals surface area contributed by atoms with Gasteiger partial charge in [-0.25, -0.2) is 9.18 Å². The zero-order valence-corrected chi connectivity index (χ0v) is 16.1. The number of amides is 1. The van der Waals surface area contributed by atoms with Gasteiger partial charge >= 0.3 is 5.97 Å². The number of pyridine rings is 1. The molecule has 144 valence electrons. The second kappa shape index (κ2) is 8.35. The van der Waals surface area contributed by atoms with Crippen LogP contribution in [0.5, 0.6) is 0 Å². The summed E-state index contributed by atoms with van der Waals surface area (Å²) in [5.74, 6) is -1.96. The molecule has 1 heterocycles. The number of carbonyl (C=O) groups excluding carboxylic acids is 2. The van der Waals surface area contributed by atoms with Crippen LogP contribution in [0.15, 0.2) is 42.5 Å². The number of esters is 1. The minimum absolute atomic E-state index is 0.0387. The number of rotatable bonds is 5. The Morgan fingerprint density at radius 2 is 1.96 bits per heavy atom. The topological polar surface area (TPSA) is 68.3 Å². The summed E-state index contributed by atoms with van der Waals surface area (Å²) in [5, 5.41) is 3.41. The van der Waals surface area contributed by atoms with Gasteiger partial charge in [0.15, 0.2) is 6.61 Å². The quantitative estimate of drug-likeness (QED) is 0.630. The second-order valence-electron chi connectivity index (χ2n) is 6.18. The minimum Gasteiger partial charge on any atom is -0.452 e. The van der Waals surface area contributed by atoms with Crippen LogP contribution in [0.3, 0.4) is 0 Å². The molecule has 0 bridgehead atoms. The number of aryl methyl sites for hydroxylation is 2. The molecule has 0 radical (unpaired) electrons. The van der Waals surface area contributed by atoms with Crippen molar-refractivity contribution in [3.05, 3.63) is 70.1 Å². The highest BCUT2D eigenvalue weighted by Gasteiger charge is 2.20. The van der Waals surface area contributed by atoms with Crippen molar-refractivity contribution in [2.45, 2.75) is 20.3 Å². The highest BCUT2D eigenvalue weighted by atomic mass is 35.5. The first kappa shape index (κ1) is 19.8. The number of hydrogen-bond acceptors (Lipinski definition) is 4. The molecule has 5 nitrogen and oxygen atoms in total. The maximum absolute atomic E-state index is 13.8. The van der Waals surface area contributed by atoms with E-state index in [2.05, 4.69) is 10.3 Å². The first-order valence-electron chi connectivity index (χ1n) is 8.71. The minimum atomic E-state index is -0.671. The van der Waals surface area contributed by atoms with E-state index < -0.39 is 24.3 Å². The van der Waals surface area contributed by atoms with Gasteiger partial charge < -0.3 is 10.1 Å². The molecule has 0 aliphatic rings. The SMILES string of the molecule is CCc1nc2ccccc2c(C)c1C(=O)OCC(=O)Nc1ccc(Cl)cc1F. The molecule has 3 rings (SSSR count). The van der Waals surface area contributed by atoms with Crippen molar-refractivity contribution in [3.63, 3.8) is 0 Å². The maximum Gasteiger partial charge on any atom is 0.340 e. The smallest absolute Gasteiger partial charge is 0.340 e. The van der Waals surface area contributed by atoms with E-state index in [9.17, 15) is 14.0 Å². The Balaban J connectivity index is 1.76. The van der Waals surface area contributed by atoms with E-state index in [1.165, 1.54) is 12.1 Å². The van der Waals surface area contributed by atoms with Crippen LogP contribution in [0.4, 0.5) is 10.1 Å². The first-order chi connectivity index (χ1) is 13.4. The van der Waals surface area contributed by atoms with Gasteiger partial charge in [0.05, 0.1) is 22.5 Å². The Morgan fingerprint density at radius 1 is 1.21 bits per heavy atom. The molecule has 0 aliphatic heterocycles. The number of nitrogens with zero attached hydrogens (tertiary/aromatic N) is 1. The van der Waals surface area contributed by atoms with Gasteiger partial charge in [0.1, 0.15) is 5.82 Å². The number of halogens is 2. The summed E-state index contributed by atoms with van der Waals surface area (Å²) < 4.78 is 18.9. The molecular formula is C21H18ClFN2O3. The van der Waals surface area contributed by atoms with E-state index in [1.54, 1.807) is 0 Å². The van der Waals surface area contributed by atoms with E-state index in [-0.39, 0.29) is 10.7 Å².